The Kier molecular flexibility index (Phi) is 8.88. The number of alkyl halides is 3. The molecule has 2 aromatic carbocycles. The molecule has 0 radical (unpaired) electrons. The number of rotatable bonds is 8. The van der Waals surface area contributed by atoms with Crippen molar-refractivity contribution in [1.29, 1.82) is 0 Å². The summed E-state index contributed by atoms with van der Waals surface area (Å²) in [4.78, 5) is 14.9. The van der Waals surface area contributed by atoms with Crippen LogP contribution in [0.15, 0.2) is 75.9 Å². The number of anilines is 1. The predicted molar refractivity (Wildman–Crippen MR) is 160 cm³/mol. The second-order valence-corrected chi connectivity index (χ2v) is 10.7. The molecule has 0 spiro atoms. The smallest absolute Gasteiger partial charge is 0.403 e. The van der Waals surface area contributed by atoms with E-state index in [1.807, 2.05) is 6.07 Å². The molecule has 2 atom stereocenters. The van der Waals surface area contributed by atoms with E-state index in [1.165, 1.54) is 12.6 Å². The Morgan fingerprint density at radius 3 is 2.60 bits per heavy atom. The molecule has 2 heterocycles. The zero-order chi connectivity index (χ0) is 29.2. The lowest BCUT2D eigenvalue weighted by Crippen LogP contribution is -2.40. The van der Waals surface area contributed by atoms with E-state index in [0.29, 0.717) is 60.0 Å². The van der Waals surface area contributed by atoms with E-state index in [1.54, 1.807) is 18.2 Å². The lowest BCUT2D eigenvalue weighted by Gasteiger charge is -2.31. The van der Waals surface area contributed by atoms with Crippen LogP contribution in [0, 0.1) is 12.8 Å². The molecule has 0 bridgehead atoms. The molecule has 2 aliphatic rings. The molecule has 1 unspecified atom stereocenters. The highest BCUT2D eigenvalue weighted by molar-refractivity contribution is 6.30. The second kappa shape index (κ2) is 12.0. The van der Waals surface area contributed by atoms with Gasteiger partial charge in [0.2, 0.25) is 0 Å². The summed E-state index contributed by atoms with van der Waals surface area (Å²) in [5.74, 6) is 0.220. The number of nitrogens with zero attached hydrogens (tertiary/aromatic N) is 4. The van der Waals surface area contributed by atoms with Crippen molar-refractivity contribution >= 4 is 34.7 Å². The molecular formula is C31H35ClF3N5. The van der Waals surface area contributed by atoms with Gasteiger partial charge in [0.1, 0.15) is 17.4 Å². The Bertz CT molecular complexity index is 1410. The summed E-state index contributed by atoms with van der Waals surface area (Å²) in [6.07, 6.45) is -1.73. The topological polar surface area (TPSA) is 66.3 Å². The highest BCUT2D eigenvalue weighted by Crippen LogP contribution is 2.47. The van der Waals surface area contributed by atoms with Gasteiger partial charge in [0.25, 0.3) is 0 Å². The molecule has 4 rings (SSSR count). The van der Waals surface area contributed by atoms with Gasteiger partial charge in [0.05, 0.1) is 12.2 Å². The number of hydrogen-bond acceptors (Lipinski definition) is 4. The van der Waals surface area contributed by atoms with Gasteiger partial charge in [0, 0.05) is 41.7 Å². The summed E-state index contributed by atoms with van der Waals surface area (Å²) < 4.78 is 42.8. The van der Waals surface area contributed by atoms with Crippen LogP contribution in [0.3, 0.4) is 0 Å². The molecule has 40 heavy (non-hydrogen) atoms. The maximum absolute atomic E-state index is 14.3. The van der Waals surface area contributed by atoms with Gasteiger partial charge in [-0.05, 0) is 73.1 Å². The van der Waals surface area contributed by atoms with E-state index < -0.39 is 17.8 Å². The zero-order valence-electron chi connectivity index (χ0n) is 23.2. The first-order valence-corrected chi connectivity index (χ1v) is 13.8. The van der Waals surface area contributed by atoms with E-state index in [9.17, 15) is 13.2 Å². The number of halogens is 4. The summed E-state index contributed by atoms with van der Waals surface area (Å²) in [7, 11) is 1.52. The second-order valence-electron chi connectivity index (χ2n) is 10.3. The van der Waals surface area contributed by atoms with Crippen molar-refractivity contribution in [3.8, 4) is 0 Å². The molecule has 9 heteroatoms. The van der Waals surface area contributed by atoms with E-state index in [0.717, 1.165) is 28.2 Å². The third-order valence-corrected chi connectivity index (χ3v) is 7.92. The average Bonchev–Trinajstić information content (AvgIpc) is 3.30. The van der Waals surface area contributed by atoms with Crippen LogP contribution in [0.4, 0.5) is 18.9 Å². The van der Waals surface area contributed by atoms with E-state index in [2.05, 4.69) is 49.1 Å². The van der Waals surface area contributed by atoms with Gasteiger partial charge in [-0.3, -0.25) is 14.9 Å². The van der Waals surface area contributed by atoms with E-state index in [4.69, 9.17) is 22.3 Å². The fourth-order valence-corrected chi connectivity index (χ4v) is 5.84. The Labute approximate surface area is 239 Å². The van der Waals surface area contributed by atoms with Crippen molar-refractivity contribution in [2.45, 2.75) is 58.0 Å². The molecule has 0 amide bonds. The standard InChI is InChI=1S/C31H35ClF3N5/c1-6-21-8-7-9-25(19(21)3)26-14-22(15-29-38-17-24(39-29)12-10-18(2)36)30(37-5)40(20(4)31(33,34)35)28-13-11-23(32)16-27(26)28/h7-9,11,13,16,22,26H,2,4,6,10,12,14-15,17,36H2,1,3,5H3/t22-,26?/m1/s1. The van der Waals surface area contributed by atoms with Crippen molar-refractivity contribution in [3.05, 3.63) is 88.2 Å². The van der Waals surface area contributed by atoms with Gasteiger partial charge in [-0.2, -0.15) is 13.2 Å². The average molecular weight is 570 g/mol. The van der Waals surface area contributed by atoms with Crippen LogP contribution < -0.4 is 10.6 Å². The quantitative estimate of drug-likeness (QED) is 0.353. The van der Waals surface area contributed by atoms with Crippen LogP contribution in [-0.2, 0) is 6.42 Å². The minimum absolute atomic E-state index is 0.237. The highest BCUT2D eigenvalue weighted by Gasteiger charge is 2.44. The molecule has 2 aromatic rings. The molecule has 0 aromatic heterocycles. The van der Waals surface area contributed by atoms with Gasteiger partial charge in [-0.1, -0.05) is 49.9 Å². The highest BCUT2D eigenvalue weighted by atomic mass is 35.5. The molecule has 0 aliphatic carbocycles. The number of hydrogen-bond donors (Lipinski definition) is 1. The first kappa shape index (κ1) is 29.6. The van der Waals surface area contributed by atoms with Crippen LogP contribution in [0.5, 0.6) is 0 Å². The van der Waals surface area contributed by atoms with Crippen molar-refractivity contribution < 1.29 is 13.2 Å². The molecule has 2 N–H and O–H groups in total. The van der Waals surface area contributed by atoms with Crippen LogP contribution >= 0.6 is 11.6 Å². The van der Waals surface area contributed by atoms with Gasteiger partial charge in [-0.15, -0.1) is 0 Å². The first-order chi connectivity index (χ1) is 18.9. The summed E-state index contributed by atoms with van der Waals surface area (Å²) >= 11 is 6.46. The predicted octanol–water partition coefficient (Wildman–Crippen LogP) is 7.77. The third kappa shape index (κ3) is 6.17. The number of amidine groups is 2. The maximum atomic E-state index is 14.3. The lowest BCUT2D eigenvalue weighted by molar-refractivity contribution is -0.0918. The van der Waals surface area contributed by atoms with Crippen molar-refractivity contribution in [2.75, 3.05) is 18.5 Å². The normalized spacial score (nSPS) is 20.2. The minimum Gasteiger partial charge on any atom is -0.403 e. The third-order valence-electron chi connectivity index (χ3n) is 7.69. The number of fused-ring (bicyclic) bond motifs is 1. The van der Waals surface area contributed by atoms with Crippen LogP contribution in [0.1, 0.15) is 60.8 Å². The Hall–Kier alpha value is -3.39. The summed E-state index contributed by atoms with van der Waals surface area (Å²) in [6, 6.07) is 11.2. The molecular weight excluding hydrogens is 535 g/mol. The first-order valence-electron chi connectivity index (χ1n) is 13.4. The summed E-state index contributed by atoms with van der Waals surface area (Å²) in [5, 5.41) is 0.454. The summed E-state index contributed by atoms with van der Waals surface area (Å²) in [6.45, 7) is 11.8. The largest absolute Gasteiger partial charge is 0.431 e. The van der Waals surface area contributed by atoms with Crippen LogP contribution in [0.25, 0.3) is 0 Å². The van der Waals surface area contributed by atoms with Gasteiger partial charge < -0.3 is 5.73 Å². The van der Waals surface area contributed by atoms with Gasteiger partial charge in [-0.25, -0.2) is 4.99 Å². The van der Waals surface area contributed by atoms with Crippen molar-refractivity contribution in [1.82, 2.24) is 0 Å². The number of allylic oxidation sites excluding steroid dienone is 2. The molecule has 0 saturated carbocycles. The van der Waals surface area contributed by atoms with Crippen LogP contribution in [0.2, 0.25) is 5.02 Å². The molecule has 2 aliphatic heterocycles. The fourth-order valence-electron chi connectivity index (χ4n) is 5.66. The van der Waals surface area contributed by atoms with Gasteiger partial charge in [0.15, 0.2) is 0 Å². The molecule has 212 valence electrons. The van der Waals surface area contributed by atoms with Gasteiger partial charge >= 0.3 is 6.18 Å². The van der Waals surface area contributed by atoms with Crippen molar-refractivity contribution in [2.24, 2.45) is 26.6 Å². The number of nitrogens with two attached hydrogens (primary N) is 1. The SMILES string of the molecule is C=C(N)CCC1=NC(C[C@H]2CC(c3cccc(CC)c3C)c3cc(Cl)ccc3N(C(=C)C(F)(F)F)C2=NC)=NC1. The Balaban J connectivity index is 1.87. The van der Waals surface area contributed by atoms with E-state index >= 15 is 0 Å². The Morgan fingerprint density at radius 1 is 1.20 bits per heavy atom. The fraction of sp³-hybridized carbons (Fsp3) is 0.387. The number of benzene rings is 2. The number of aliphatic imine (C=N–C) groups is 3. The minimum atomic E-state index is -4.67. The monoisotopic (exact) mass is 569 g/mol. The molecule has 0 saturated heterocycles. The number of aryl methyl sites for hydroxylation is 1. The summed E-state index contributed by atoms with van der Waals surface area (Å²) in [5.41, 5.74) is 10.6. The maximum Gasteiger partial charge on any atom is 0.431 e. The lowest BCUT2D eigenvalue weighted by atomic mass is 9.80. The van der Waals surface area contributed by atoms with Crippen LogP contribution in [-0.4, -0.2) is 37.2 Å². The molecule has 0 fully saturated rings. The molecule has 5 nitrogen and oxygen atoms in total. The zero-order valence-corrected chi connectivity index (χ0v) is 23.9. The van der Waals surface area contributed by atoms with E-state index in [-0.39, 0.29) is 11.8 Å². The van der Waals surface area contributed by atoms with Crippen molar-refractivity contribution in [3.63, 3.8) is 0 Å². The Morgan fingerprint density at radius 2 is 1.95 bits per heavy atom.